The summed E-state index contributed by atoms with van der Waals surface area (Å²) in [4.78, 5) is 48.4. The lowest BCUT2D eigenvalue weighted by molar-refractivity contribution is -0.137. The van der Waals surface area contributed by atoms with Crippen LogP contribution in [-0.2, 0) is 19.0 Å². The molecule has 43 heavy (non-hydrogen) atoms. The average molecular weight is 597 g/mol. The van der Waals surface area contributed by atoms with Gasteiger partial charge in [0.2, 0.25) is 5.12 Å². The fraction of sp³-hybridized carbons (Fsp3) is 0.118. The van der Waals surface area contributed by atoms with E-state index in [4.69, 9.17) is 18.9 Å². The summed E-state index contributed by atoms with van der Waals surface area (Å²) in [7, 11) is 0. The predicted molar refractivity (Wildman–Crippen MR) is 164 cm³/mol. The third-order valence-electron chi connectivity index (χ3n) is 6.13. The molecule has 0 aromatic heterocycles. The summed E-state index contributed by atoms with van der Waals surface area (Å²) < 4.78 is 19.8. The van der Waals surface area contributed by atoms with Crippen molar-refractivity contribution >= 4 is 45.7 Å². The van der Waals surface area contributed by atoms with Crippen LogP contribution in [0.2, 0.25) is 0 Å². The highest BCUT2D eigenvalue weighted by molar-refractivity contribution is 8.14. The van der Waals surface area contributed by atoms with E-state index < -0.39 is 18.1 Å². The number of thioether (sulfide) groups is 1. The lowest BCUT2D eigenvalue weighted by atomic mass is 10.0. The molecule has 9 heteroatoms. The number of hydrogen-bond donors (Lipinski definition) is 0. The zero-order valence-corrected chi connectivity index (χ0v) is 24.0. The molecular weight excluding hydrogens is 568 g/mol. The van der Waals surface area contributed by atoms with E-state index in [2.05, 4.69) is 13.2 Å². The van der Waals surface area contributed by atoms with Crippen LogP contribution in [-0.4, -0.2) is 36.4 Å². The minimum atomic E-state index is -0.860. The highest BCUT2D eigenvalue weighted by Crippen LogP contribution is 2.30. The normalized spacial score (nSPS) is 10.4. The van der Waals surface area contributed by atoms with Crippen LogP contribution in [0.25, 0.3) is 21.9 Å². The van der Waals surface area contributed by atoms with E-state index in [-0.39, 0.29) is 24.1 Å². The molecule has 4 aromatic carbocycles. The molecule has 0 N–H and O–H groups in total. The van der Waals surface area contributed by atoms with Crippen molar-refractivity contribution in [1.29, 1.82) is 0 Å². The summed E-state index contributed by atoms with van der Waals surface area (Å²) >= 11 is 1.10. The van der Waals surface area contributed by atoms with Crippen LogP contribution >= 0.6 is 11.8 Å². The van der Waals surface area contributed by atoms with Gasteiger partial charge in [0.05, 0.1) is 25.0 Å². The molecule has 4 aromatic rings. The van der Waals surface area contributed by atoms with E-state index in [1.165, 1.54) is 12.1 Å². The molecule has 0 saturated heterocycles. The van der Waals surface area contributed by atoms with Gasteiger partial charge in [-0.05, 0) is 101 Å². The van der Waals surface area contributed by atoms with Crippen molar-refractivity contribution in [2.75, 3.05) is 13.2 Å². The molecule has 0 atom stereocenters. The summed E-state index contributed by atoms with van der Waals surface area (Å²) in [6.07, 6.45) is 2.37. The molecule has 0 amide bonds. The van der Waals surface area contributed by atoms with E-state index in [9.17, 15) is 19.2 Å². The first-order chi connectivity index (χ1) is 20.9. The molecule has 0 spiro atoms. The van der Waals surface area contributed by atoms with Crippen molar-refractivity contribution in [3.8, 4) is 16.9 Å². The Morgan fingerprint density at radius 1 is 0.698 bits per heavy atom. The molecule has 218 valence electrons. The number of carbonyl (C=O) groups is 4. The van der Waals surface area contributed by atoms with Gasteiger partial charge >= 0.3 is 18.1 Å². The van der Waals surface area contributed by atoms with Crippen LogP contribution < -0.4 is 4.74 Å². The number of esters is 2. The van der Waals surface area contributed by atoms with Crippen molar-refractivity contribution in [1.82, 2.24) is 0 Å². The van der Waals surface area contributed by atoms with Gasteiger partial charge in [-0.15, -0.1) is 0 Å². The maximum absolute atomic E-state index is 12.9. The van der Waals surface area contributed by atoms with E-state index in [0.29, 0.717) is 24.0 Å². The number of carbonyl (C=O) groups excluding carboxylic acids is 4. The zero-order chi connectivity index (χ0) is 30.6. The summed E-state index contributed by atoms with van der Waals surface area (Å²) in [5, 5.41) is 1.83. The second-order valence-corrected chi connectivity index (χ2v) is 10.1. The summed E-state index contributed by atoms with van der Waals surface area (Å²) in [5.74, 6) is -0.707. The van der Waals surface area contributed by atoms with Gasteiger partial charge in [-0.3, -0.25) is 4.79 Å². The average Bonchev–Trinajstić information content (AvgIpc) is 3.02. The Bertz CT molecular complexity index is 1640. The number of fused-ring (bicyclic) bond motifs is 1. The maximum atomic E-state index is 12.9. The van der Waals surface area contributed by atoms with Crippen LogP contribution in [0, 0.1) is 0 Å². The molecule has 0 fully saturated rings. The molecule has 0 unspecified atom stereocenters. The van der Waals surface area contributed by atoms with Crippen LogP contribution in [0.15, 0.2) is 115 Å². The van der Waals surface area contributed by atoms with Crippen molar-refractivity contribution in [2.45, 2.75) is 17.7 Å². The molecular formula is C34H28O8S. The third-order valence-corrected chi connectivity index (χ3v) is 7.04. The SMILES string of the molecule is C=COC(=O)c1ccc(-c2ccc3cc(SC(=O)c4ccc(OC(=O)OCCCCOC(=O)C=C)cc4)ccc3c2)cc1. The van der Waals surface area contributed by atoms with Gasteiger partial charge in [0.1, 0.15) is 5.75 Å². The van der Waals surface area contributed by atoms with Crippen molar-refractivity contribution in [3.05, 3.63) is 122 Å². The Morgan fingerprint density at radius 2 is 1.33 bits per heavy atom. The number of ether oxygens (including phenoxy) is 4. The topological polar surface area (TPSA) is 105 Å². The lowest BCUT2D eigenvalue weighted by Gasteiger charge is -2.08. The molecule has 0 aliphatic carbocycles. The molecule has 4 rings (SSSR count). The zero-order valence-electron chi connectivity index (χ0n) is 23.2. The number of rotatable bonds is 12. The quantitative estimate of drug-likeness (QED) is 0.0308. The van der Waals surface area contributed by atoms with Crippen LogP contribution in [0.5, 0.6) is 5.75 Å². The lowest BCUT2D eigenvalue weighted by Crippen LogP contribution is -2.12. The number of unbranched alkanes of at least 4 members (excludes halogenated alkanes) is 1. The predicted octanol–water partition coefficient (Wildman–Crippen LogP) is 7.76. The van der Waals surface area contributed by atoms with Gasteiger partial charge < -0.3 is 18.9 Å². The van der Waals surface area contributed by atoms with Crippen LogP contribution in [0.4, 0.5) is 4.79 Å². The van der Waals surface area contributed by atoms with Gasteiger partial charge in [-0.25, -0.2) is 14.4 Å². The molecule has 0 bridgehead atoms. The molecule has 0 aliphatic heterocycles. The van der Waals surface area contributed by atoms with Crippen LogP contribution in [0.3, 0.4) is 0 Å². The summed E-state index contributed by atoms with van der Waals surface area (Å²) in [6, 6.07) is 25.2. The van der Waals surface area contributed by atoms with Gasteiger partial charge in [-0.2, -0.15) is 0 Å². The van der Waals surface area contributed by atoms with Gasteiger partial charge in [0.25, 0.3) is 0 Å². The van der Waals surface area contributed by atoms with E-state index >= 15 is 0 Å². The molecule has 0 aliphatic rings. The third kappa shape index (κ3) is 8.92. The first kappa shape index (κ1) is 30.8. The highest BCUT2D eigenvalue weighted by Gasteiger charge is 2.12. The van der Waals surface area contributed by atoms with Crippen molar-refractivity contribution in [3.63, 3.8) is 0 Å². The summed E-state index contributed by atoms with van der Waals surface area (Å²) in [6.45, 7) is 7.04. The van der Waals surface area contributed by atoms with E-state index in [1.54, 1.807) is 24.3 Å². The Morgan fingerprint density at radius 3 is 2.02 bits per heavy atom. The van der Waals surface area contributed by atoms with Crippen molar-refractivity contribution in [2.24, 2.45) is 0 Å². The standard InChI is InChI=1S/C34H28O8S/c1-3-31(35)40-19-5-6-20-41-34(38)42-29-16-13-25(14-17-29)33(37)43-30-18-15-27-21-26(11-12-28(27)22-30)23-7-9-24(10-8-23)32(36)39-4-2/h3-4,7-18,21-22H,1-2,5-6,19-20H2. The Hall–Kier alpha value is -5.15. The molecule has 0 heterocycles. The molecule has 8 nitrogen and oxygen atoms in total. The second-order valence-electron chi connectivity index (χ2n) is 9.07. The largest absolute Gasteiger partial charge is 0.513 e. The minimum Gasteiger partial charge on any atom is -0.463 e. The van der Waals surface area contributed by atoms with Gasteiger partial charge in [0.15, 0.2) is 0 Å². The monoisotopic (exact) mass is 596 g/mol. The van der Waals surface area contributed by atoms with E-state index in [1.807, 2.05) is 48.5 Å². The van der Waals surface area contributed by atoms with E-state index in [0.717, 1.165) is 50.9 Å². The highest BCUT2D eigenvalue weighted by atomic mass is 32.2. The second kappa shape index (κ2) is 15.2. The Labute approximate surface area is 252 Å². The first-order valence-corrected chi connectivity index (χ1v) is 14.1. The molecule has 0 radical (unpaired) electrons. The van der Waals surface area contributed by atoms with Crippen LogP contribution in [0.1, 0.15) is 33.6 Å². The Balaban J connectivity index is 1.29. The number of benzene rings is 4. The van der Waals surface area contributed by atoms with Gasteiger partial charge in [0, 0.05) is 16.5 Å². The maximum Gasteiger partial charge on any atom is 0.513 e. The van der Waals surface area contributed by atoms with Gasteiger partial charge in [-0.1, -0.05) is 43.5 Å². The smallest absolute Gasteiger partial charge is 0.463 e. The molecule has 0 saturated carbocycles. The Kier molecular flexibility index (Phi) is 10.9. The first-order valence-electron chi connectivity index (χ1n) is 13.3. The summed E-state index contributed by atoms with van der Waals surface area (Å²) in [5.41, 5.74) is 2.84. The fourth-order valence-electron chi connectivity index (χ4n) is 3.95. The number of hydrogen-bond acceptors (Lipinski definition) is 9. The van der Waals surface area contributed by atoms with Crippen molar-refractivity contribution < 1.29 is 38.1 Å². The fourth-order valence-corrected chi connectivity index (χ4v) is 4.74. The minimum absolute atomic E-state index is 0.117.